The van der Waals surface area contributed by atoms with E-state index >= 15 is 0 Å². The Balaban J connectivity index is 2.10. The lowest BCUT2D eigenvalue weighted by atomic mass is 10.1. The molecule has 1 aromatic carbocycles. The molecule has 4 heteroatoms. The van der Waals surface area contributed by atoms with Gasteiger partial charge in [0.25, 0.3) is 0 Å². The second-order valence-electron chi connectivity index (χ2n) is 4.39. The summed E-state index contributed by atoms with van der Waals surface area (Å²) in [6.45, 7) is 0.627. The second-order valence-corrected chi connectivity index (χ2v) is 5.23. The van der Waals surface area contributed by atoms with Gasteiger partial charge in [-0.15, -0.1) is 0 Å². The lowest BCUT2D eigenvalue weighted by molar-refractivity contribution is 0.111. The molecule has 0 bridgehead atoms. The fourth-order valence-electron chi connectivity index (χ4n) is 2.20. The summed E-state index contributed by atoms with van der Waals surface area (Å²) in [5, 5.41) is 0.850. The van der Waals surface area contributed by atoms with E-state index in [9.17, 15) is 4.79 Å². The molecular formula is C13H14Cl2O2. The lowest BCUT2D eigenvalue weighted by Gasteiger charge is -2.14. The molecule has 2 nitrogen and oxygen atoms in total. The van der Waals surface area contributed by atoms with Crippen LogP contribution in [0.2, 0.25) is 10.0 Å². The first-order valence-corrected chi connectivity index (χ1v) is 6.53. The van der Waals surface area contributed by atoms with Crippen LogP contribution < -0.4 is 4.74 Å². The van der Waals surface area contributed by atoms with Crippen molar-refractivity contribution in [3.8, 4) is 5.75 Å². The van der Waals surface area contributed by atoms with Crippen molar-refractivity contribution in [3.05, 3.63) is 27.7 Å². The zero-order chi connectivity index (χ0) is 12.3. The van der Waals surface area contributed by atoms with Gasteiger partial charge in [-0.05, 0) is 30.9 Å². The van der Waals surface area contributed by atoms with Gasteiger partial charge in [0, 0.05) is 5.02 Å². The molecule has 17 heavy (non-hydrogen) atoms. The molecule has 0 spiro atoms. The second kappa shape index (κ2) is 5.74. The number of ether oxygens (including phenoxy) is 1. The minimum absolute atomic E-state index is 0.401. The SMILES string of the molecule is O=Cc1cc(Cl)cc(Cl)c1OCC1CCCC1. The number of benzene rings is 1. The van der Waals surface area contributed by atoms with Crippen molar-refractivity contribution in [3.63, 3.8) is 0 Å². The van der Waals surface area contributed by atoms with Crippen molar-refractivity contribution >= 4 is 29.5 Å². The predicted octanol–water partition coefficient (Wildman–Crippen LogP) is 4.37. The summed E-state index contributed by atoms with van der Waals surface area (Å²) in [4.78, 5) is 10.9. The maximum atomic E-state index is 10.9. The molecule has 92 valence electrons. The smallest absolute Gasteiger partial charge is 0.153 e. The number of halogens is 2. The van der Waals surface area contributed by atoms with Crippen LogP contribution in [0.1, 0.15) is 36.0 Å². The highest BCUT2D eigenvalue weighted by Crippen LogP contribution is 2.33. The van der Waals surface area contributed by atoms with E-state index in [0.29, 0.717) is 33.9 Å². The van der Waals surface area contributed by atoms with Gasteiger partial charge in [-0.3, -0.25) is 4.79 Å². The number of carbonyl (C=O) groups is 1. The van der Waals surface area contributed by atoms with Crippen LogP contribution in [0, 0.1) is 5.92 Å². The van der Waals surface area contributed by atoms with Gasteiger partial charge in [-0.1, -0.05) is 36.0 Å². The fraction of sp³-hybridized carbons (Fsp3) is 0.462. The van der Waals surface area contributed by atoms with Gasteiger partial charge in [0.1, 0.15) is 5.75 Å². The van der Waals surface area contributed by atoms with E-state index in [1.54, 1.807) is 12.1 Å². The number of rotatable bonds is 4. The van der Waals surface area contributed by atoms with E-state index in [-0.39, 0.29) is 0 Å². The standard InChI is InChI=1S/C13H14Cl2O2/c14-11-5-10(7-16)13(12(15)6-11)17-8-9-3-1-2-4-9/h5-7,9H,1-4,8H2. The Hall–Kier alpha value is -0.730. The third kappa shape index (κ3) is 3.14. The average Bonchev–Trinajstić information content (AvgIpc) is 2.79. The van der Waals surface area contributed by atoms with Gasteiger partial charge < -0.3 is 4.74 Å². The minimum atomic E-state index is 0.401. The predicted molar refractivity (Wildman–Crippen MR) is 69.3 cm³/mol. The van der Waals surface area contributed by atoms with Crippen molar-refractivity contribution in [1.82, 2.24) is 0 Å². The molecule has 0 aliphatic heterocycles. The number of carbonyl (C=O) groups excluding carboxylic acids is 1. The molecule has 0 unspecified atom stereocenters. The van der Waals surface area contributed by atoms with Crippen LogP contribution in [-0.2, 0) is 0 Å². The molecule has 1 aliphatic rings. The molecule has 0 saturated heterocycles. The fourth-order valence-corrected chi connectivity index (χ4v) is 2.76. The van der Waals surface area contributed by atoms with Gasteiger partial charge in [0.05, 0.1) is 17.2 Å². The van der Waals surface area contributed by atoms with Gasteiger partial charge in [-0.2, -0.15) is 0 Å². The van der Waals surface area contributed by atoms with E-state index in [1.807, 2.05) is 0 Å². The third-order valence-electron chi connectivity index (χ3n) is 3.10. The highest BCUT2D eigenvalue weighted by Gasteiger charge is 2.17. The van der Waals surface area contributed by atoms with Crippen LogP contribution in [0.3, 0.4) is 0 Å². The van der Waals surface area contributed by atoms with Gasteiger partial charge >= 0.3 is 0 Å². The van der Waals surface area contributed by atoms with E-state index in [0.717, 1.165) is 6.29 Å². The zero-order valence-electron chi connectivity index (χ0n) is 9.42. The van der Waals surface area contributed by atoms with Gasteiger partial charge in [0.2, 0.25) is 0 Å². The number of hydrogen-bond acceptors (Lipinski definition) is 2. The summed E-state index contributed by atoms with van der Waals surface area (Å²) in [5.41, 5.74) is 0.417. The van der Waals surface area contributed by atoms with Crippen molar-refractivity contribution < 1.29 is 9.53 Å². The van der Waals surface area contributed by atoms with Crippen molar-refractivity contribution in [2.45, 2.75) is 25.7 Å². The molecule has 0 aromatic heterocycles. The Bertz CT molecular complexity index is 412. The lowest BCUT2D eigenvalue weighted by Crippen LogP contribution is -2.09. The summed E-state index contributed by atoms with van der Waals surface area (Å²) >= 11 is 11.9. The Labute approximate surface area is 111 Å². The molecule has 1 aromatic rings. The Kier molecular flexibility index (Phi) is 4.30. The first-order chi connectivity index (χ1) is 8.20. The minimum Gasteiger partial charge on any atom is -0.491 e. The quantitative estimate of drug-likeness (QED) is 0.761. The summed E-state index contributed by atoms with van der Waals surface area (Å²) in [6.07, 6.45) is 5.65. The molecule has 0 heterocycles. The highest BCUT2D eigenvalue weighted by molar-refractivity contribution is 6.36. The zero-order valence-corrected chi connectivity index (χ0v) is 10.9. The third-order valence-corrected chi connectivity index (χ3v) is 3.60. The van der Waals surface area contributed by atoms with Crippen molar-refractivity contribution in [1.29, 1.82) is 0 Å². The van der Waals surface area contributed by atoms with E-state index in [4.69, 9.17) is 27.9 Å². The van der Waals surface area contributed by atoms with Crippen LogP contribution in [0.15, 0.2) is 12.1 Å². The average molecular weight is 273 g/mol. The van der Waals surface area contributed by atoms with Crippen LogP contribution in [0.25, 0.3) is 0 Å². The van der Waals surface area contributed by atoms with E-state index < -0.39 is 0 Å². The topological polar surface area (TPSA) is 26.3 Å². The molecule has 0 atom stereocenters. The van der Waals surface area contributed by atoms with Crippen molar-refractivity contribution in [2.75, 3.05) is 6.61 Å². The molecule has 1 fully saturated rings. The Morgan fingerprint density at radius 2 is 2.00 bits per heavy atom. The normalized spacial score (nSPS) is 16.1. The molecule has 0 amide bonds. The van der Waals surface area contributed by atoms with Crippen LogP contribution in [0.4, 0.5) is 0 Å². The molecule has 0 N–H and O–H groups in total. The summed E-state index contributed by atoms with van der Waals surface area (Å²) in [6, 6.07) is 3.17. The van der Waals surface area contributed by atoms with E-state index in [2.05, 4.69) is 0 Å². The van der Waals surface area contributed by atoms with E-state index in [1.165, 1.54) is 25.7 Å². The van der Waals surface area contributed by atoms with Crippen molar-refractivity contribution in [2.24, 2.45) is 5.92 Å². The Morgan fingerprint density at radius 1 is 1.29 bits per heavy atom. The van der Waals surface area contributed by atoms with Gasteiger partial charge in [0.15, 0.2) is 6.29 Å². The highest BCUT2D eigenvalue weighted by atomic mass is 35.5. The summed E-state index contributed by atoms with van der Waals surface area (Å²) < 4.78 is 5.68. The largest absolute Gasteiger partial charge is 0.491 e. The van der Waals surface area contributed by atoms with Crippen LogP contribution in [-0.4, -0.2) is 12.9 Å². The first kappa shape index (κ1) is 12.7. The van der Waals surface area contributed by atoms with Crippen LogP contribution in [0.5, 0.6) is 5.75 Å². The maximum absolute atomic E-state index is 10.9. The molecular weight excluding hydrogens is 259 g/mol. The number of aldehydes is 1. The number of hydrogen-bond donors (Lipinski definition) is 0. The molecule has 1 aliphatic carbocycles. The molecule has 2 rings (SSSR count). The van der Waals surface area contributed by atoms with Crippen LogP contribution >= 0.6 is 23.2 Å². The van der Waals surface area contributed by atoms with Gasteiger partial charge in [-0.25, -0.2) is 0 Å². The molecule has 1 saturated carbocycles. The first-order valence-electron chi connectivity index (χ1n) is 5.77. The monoisotopic (exact) mass is 272 g/mol. The maximum Gasteiger partial charge on any atom is 0.153 e. The molecule has 0 radical (unpaired) electrons. The summed E-state index contributed by atoms with van der Waals surface area (Å²) in [5.74, 6) is 1.04. The summed E-state index contributed by atoms with van der Waals surface area (Å²) in [7, 11) is 0. The Morgan fingerprint density at radius 3 is 2.65 bits per heavy atom.